The van der Waals surface area contributed by atoms with Crippen LogP contribution in [0.2, 0.25) is 0 Å². The van der Waals surface area contributed by atoms with E-state index in [4.69, 9.17) is 0 Å². The summed E-state index contributed by atoms with van der Waals surface area (Å²) < 4.78 is 29.6. The van der Waals surface area contributed by atoms with Crippen LogP contribution in [-0.4, -0.2) is 20.3 Å². The molecular weight excluding hydrogens is 412 g/mol. The Bertz CT molecular complexity index is 1580. The molecule has 7 heteroatoms. The van der Waals surface area contributed by atoms with Crippen LogP contribution in [0.5, 0.6) is 0 Å². The average Bonchev–Trinajstić information content (AvgIpc) is 3.10. The molecule has 5 nitrogen and oxygen atoms in total. The second kappa shape index (κ2) is 7.53. The summed E-state index contributed by atoms with van der Waals surface area (Å²) in [6.45, 7) is 1.39. The van der Waals surface area contributed by atoms with E-state index in [1.807, 2.05) is 18.2 Å². The van der Waals surface area contributed by atoms with Crippen LogP contribution in [0, 0.1) is 11.6 Å². The predicted molar refractivity (Wildman–Crippen MR) is 119 cm³/mol. The number of benzene rings is 2. The van der Waals surface area contributed by atoms with Crippen molar-refractivity contribution in [2.45, 2.75) is 13.5 Å². The first-order valence-electron chi connectivity index (χ1n) is 9.98. The van der Waals surface area contributed by atoms with Crippen LogP contribution in [0.3, 0.4) is 0 Å². The first-order valence-corrected chi connectivity index (χ1v) is 9.98. The van der Waals surface area contributed by atoms with Crippen molar-refractivity contribution in [2.75, 3.05) is 0 Å². The molecule has 32 heavy (non-hydrogen) atoms. The first-order chi connectivity index (χ1) is 15.5. The number of hydrogen-bond acceptors (Lipinski definition) is 3. The molecule has 3 aromatic heterocycles. The van der Waals surface area contributed by atoms with Crippen LogP contribution in [0.15, 0.2) is 71.8 Å². The van der Waals surface area contributed by atoms with Crippen molar-refractivity contribution >= 4 is 27.6 Å². The van der Waals surface area contributed by atoms with Crippen molar-refractivity contribution in [2.24, 2.45) is 0 Å². The lowest BCUT2D eigenvalue weighted by Crippen LogP contribution is -2.13. The van der Waals surface area contributed by atoms with Gasteiger partial charge in [0.25, 0.3) is 5.56 Å². The topological polar surface area (TPSA) is 67.8 Å². The lowest BCUT2D eigenvalue weighted by molar-refractivity contribution is 0.101. The van der Waals surface area contributed by atoms with Crippen LogP contribution >= 0.6 is 0 Å². The molecule has 0 aliphatic carbocycles. The molecule has 2 aromatic carbocycles. The molecule has 0 amide bonds. The number of rotatable bonds is 4. The van der Waals surface area contributed by atoms with Crippen LogP contribution in [-0.2, 0) is 6.54 Å². The molecule has 0 fully saturated rings. The quantitative estimate of drug-likeness (QED) is 0.406. The van der Waals surface area contributed by atoms with Gasteiger partial charge in [-0.2, -0.15) is 0 Å². The molecule has 0 radical (unpaired) electrons. The van der Waals surface area contributed by atoms with E-state index < -0.39 is 11.6 Å². The Hall–Kier alpha value is -4.13. The van der Waals surface area contributed by atoms with Gasteiger partial charge in [0.15, 0.2) is 5.78 Å². The van der Waals surface area contributed by atoms with Crippen molar-refractivity contribution in [1.29, 1.82) is 0 Å². The highest BCUT2D eigenvalue weighted by Gasteiger charge is 2.25. The maximum atomic E-state index is 14.5. The van der Waals surface area contributed by atoms with E-state index in [9.17, 15) is 18.4 Å². The monoisotopic (exact) mass is 429 g/mol. The Labute approximate surface area is 181 Å². The number of carbonyl (C=O) groups excluding carboxylic acids is 1. The SMILES string of the molecule is CC(=O)c1c(-c2ccc[nH]c2=O)c2c3ncccc3ccc2n1Cc1ccc(F)cc1F. The summed E-state index contributed by atoms with van der Waals surface area (Å²) in [5.74, 6) is -1.67. The van der Waals surface area contributed by atoms with Crippen molar-refractivity contribution < 1.29 is 13.6 Å². The Kier molecular flexibility index (Phi) is 4.66. The maximum Gasteiger partial charge on any atom is 0.255 e. The highest BCUT2D eigenvalue weighted by molar-refractivity contribution is 6.18. The largest absolute Gasteiger partial charge is 0.333 e. The van der Waals surface area contributed by atoms with Gasteiger partial charge in [-0.05, 0) is 30.3 Å². The van der Waals surface area contributed by atoms with E-state index >= 15 is 0 Å². The molecule has 158 valence electrons. The number of pyridine rings is 2. The van der Waals surface area contributed by atoms with Gasteiger partial charge in [0, 0.05) is 52.8 Å². The number of ketones is 1. The Morgan fingerprint density at radius 2 is 1.94 bits per heavy atom. The van der Waals surface area contributed by atoms with E-state index in [0.717, 1.165) is 11.5 Å². The Morgan fingerprint density at radius 3 is 2.69 bits per heavy atom. The number of hydrogen-bond donors (Lipinski definition) is 1. The second-order valence-electron chi connectivity index (χ2n) is 7.55. The summed E-state index contributed by atoms with van der Waals surface area (Å²) in [7, 11) is 0. The van der Waals surface area contributed by atoms with Crippen LogP contribution < -0.4 is 5.56 Å². The molecule has 0 spiro atoms. The van der Waals surface area contributed by atoms with Crippen LogP contribution in [0.25, 0.3) is 32.9 Å². The fourth-order valence-electron chi connectivity index (χ4n) is 4.21. The highest BCUT2D eigenvalue weighted by Crippen LogP contribution is 2.38. The number of Topliss-reactive ketones (excluding diaryl/α,β-unsaturated/α-hetero) is 1. The van der Waals surface area contributed by atoms with Crippen molar-refractivity contribution in [3.63, 3.8) is 0 Å². The number of nitrogens with zero attached hydrogens (tertiary/aromatic N) is 2. The summed E-state index contributed by atoms with van der Waals surface area (Å²) in [4.78, 5) is 32.8. The molecule has 0 saturated heterocycles. The Balaban J connectivity index is 1.93. The molecule has 1 N–H and O–H groups in total. The summed E-state index contributed by atoms with van der Waals surface area (Å²) in [6.07, 6.45) is 3.16. The standard InChI is InChI=1S/C25H17F2N3O2/c1-14(31)24-21(18-5-3-11-29-25(18)32)22-20(9-7-15-4-2-10-28-23(15)22)30(24)13-16-6-8-17(26)12-19(16)27/h2-12H,13H2,1H3,(H,29,32). The lowest BCUT2D eigenvalue weighted by atomic mass is 10.00. The predicted octanol–water partition coefficient (Wildman–Crippen LogP) is 5.07. The van der Waals surface area contributed by atoms with Crippen LogP contribution in [0.4, 0.5) is 8.78 Å². The van der Waals surface area contributed by atoms with E-state index in [1.165, 1.54) is 25.3 Å². The zero-order chi connectivity index (χ0) is 22.4. The fraction of sp³-hybridized carbons (Fsp3) is 0.0800. The smallest absolute Gasteiger partial charge is 0.255 e. The minimum Gasteiger partial charge on any atom is -0.333 e. The van der Waals surface area contributed by atoms with E-state index in [2.05, 4.69) is 9.97 Å². The number of nitrogens with one attached hydrogen (secondary N) is 1. The van der Waals surface area contributed by atoms with Crippen LogP contribution in [0.1, 0.15) is 23.0 Å². The summed E-state index contributed by atoms with van der Waals surface area (Å²) in [5.41, 5.74) is 2.15. The van der Waals surface area contributed by atoms with Gasteiger partial charge >= 0.3 is 0 Å². The van der Waals surface area contributed by atoms with Gasteiger partial charge in [-0.25, -0.2) is 8.78 Å². The number of aromatic amines is 1. The molecule has 0 atom stereocenters. The number of fused-ring (bicyclic) bond motifs is 3. The molecular formula is C25H17F2N3O2. The average molecular weight is 429 g/mol. The molecule has 0 unspecified atom stereocenters. The minimum absolute atomic E-state index is 0.0133. The van der Waals surface area contributed by atoms with E-state index in [1.54, 1.807) is 29.0 Å². The Morgan fingerprint density at radius 1 is 1.09 bits per heavy atom. The number of carbonyl (C=O) groups is 1. The molecule has 0 saturated carbocycles. The molecule has 3 heterocycles. The molecule has 0 aliphatic heterocycles. The summed E-state index contributed by atoms with van der Waals surface area (Å²) in [6, 6.07) is 14.1. The number of H-pyrrole nitrogens is 1. The molecule has 5 aromatic rings. The van der Waals surface area contributed by atoms with Gasteiger partial charge < -0.3 is 9.55 Å². The van der Waals surface area contributed by atoms with Gasteiger partial charge in [0.2, 0.25) is 0 Å². The van der Waals surface area contributed by atoms with Crippen molar-refractivity contribution in [3.8, 4) is 11.1 Å². The molecule has 0 bridgehead atoms. The van der Waals surface area contributed by atoms with Gasteiger partial charge in [0.1, 0.15) is 11.6 Å². The lowest BCUT2D eigenvalue weighted by Gasteiger charge is -2.11. The third-order valence-electron chi connectivity index (χ3n) is 5.56. The third kappa shape index (κ3) is 3.10. The fourth-order valence-corrected chi connectivity index (χ4v) is 4.21. The van der Waals surface area contributed by atoms with Gasteiger partial charge in [-0.15, -0.1) is 0 Å². The van der Waals surface area contributed by atoms with E-state index in [0.29, 0.717) is 27.5 Å². The third-order valence-corrected chi connectivity index (χ3v) is 5.56. The second-order valence-corrected chi connectivity index (χ2v) is 7.55. The first kappa shape index (κ1) is 19.8. The molecule has 0 aliphatic rings. The summed E-state index contributed by atoms with van der Waals surface area (Å²) in [5, 5.41) is 1.47. The maximum absolute atomic E-state index is 14.5. The number of aromatic nitrogens is 3. The van der Waals surface area contributed by atoms with Gasteiger partial charge in [-0.1, -0.05) is 18.2 Å². The van der Waals surface area contributed by atoms with Gasteiger partial charge in [0.05, 0.1) is 23.3 Å². The molecule has 5 rings (SSSR count). The zero-order valence-electron chi connectivity index (χ0n) is 17.0. The zero-order valence-corrected chi connectivity index (χ0v) is 17.0. The normalized spacial score (nSPS) is 11.3. The highest BCUT2D eigenvalue weighted by atomic mass is 19.1. The van der Waals surface area contributed by atoms with Gasteiger partial charge in [-0.3, -0.25) is 14.6 Å². The summed E-state index contributed by atoms with van der Waals surface area (Å²) >= 11 is 0. The minimum atomic E-state index is -0.709. The van der Waals surface area contributed by atoms with Crippen molar-refractivity contribution in [3.05, 3.63) is 100 Å². The number of halogens is 2. The van der Waals surface area contributed by atoms with E-state index in [-0.39, 0.29) is 29.1 Å². The van der Waals surface area contributed by atoms with Crippen molar-refractivity contribution in [1.82, 2.24) is 14.5 Å².